The number of anilines is 1. The molecular weight excluding hydrogens is 392 g/mol. The molecule has 2 amide bonds. The topological polar surface area (TPSA) is 91.4 Å². The fourth-order valence-electron chi connectivity index (χ4n) is 3.92. The standard InChI is InChI=1S/C24H32N4O3/c1-18(29)9-3-2-4-12-22(27-23(30)17-28-13-7-8-14-28)24(31)26-20-15-19-10-5-6-11-21(19)25-16-20/h5-6,10-11,15-16,22H,2-4,7-9,12-14,17H2,1H3,(H,26,31)(H,27,30)/t22-/m0/s1. The van der Waals surface area contributed by atoms with E-state index < -0.39 is 6.04 Å². The highest BCUT2D eigenvalue weighted by molar-refractivity contribution is 5.98. The third kappa shape index (κ3) is 7.43. The quantitative estimate of drug-likeness (QED) is 0.540. The van der Waals surface area contributed by atoms with Crippen LogP contribution >= 0.6 is 0 Å². The summed E-state index contributed by atoms with van der Waals surface area (Å²) >= 11 is 0. The first kappa shape index (κ1) is 22.9. The van der Waals surface area contributed by atoms with Crippen LogP contribution in [0.2, 0.25) is 0 Å². The highest BCUT2D eigenvalue weighted by Gasteiger charge is 2.23. The van der Waals surface area contributed by atoms with Crippen LogP contribution in [0, 0.1) is 0 Å². The van der Waals surface area contributed by atoms with Crippen molar-refractivity contribution in [1.82, 2.24) is 15.2 Å². The second kappa shape index (κ2) is 11.6. The molecule has 0 saturated carbocycles. The van der Waals surface area contributed by atoms with Crippen LogP contribution in [0.3, 0.4) is 0 Å². The van der Waals surface area contributed by atoms with E-state index in [-0.39, 0.29) is 17.6 Å². The largest absolute Gasteiger partial charge is 0.343 e. The Bertz CT molecular complexity index is 909. The number of pyridine rings is 1. The molecule has 1 atom stereocenters. The molecule has 2 N–H and O–H groups in total. The van der Waals surface area contributed by atoms with E-state index in [1.54, 1.807) is 13.1 Å². The Morgan fingerprint density at radius 2 is 1.87 bits per heavy atom. The number of ketones is 1. The molecule has 1 saturated heterocycles. The lowest BCUT2D eigenvalue weighted by Gasteiger charge is -2.21. The minimum absolute atomic E-state index is 0.123. The van der Waals surface area contributed by atoms with Gasteiger partial charge >= 0.3 is 0 Å². The number of rotatable bonds is 11. The number of para-hydroxylation sites is 1. The molecule has 1 aromatic carbocycles. The summed E-state index contributed by atoms with van der Waals surface area (Å²) in [6, 6.07) is 8.99. The summed E-state index contributed by atoms with van der Waals surface area (Å²) < 4.78 is 0. The zero-order valence-corrected chi connectivity index (χ0v) is 18.2. The smallest absolute Gasteiger partial charge is 0.246 e. The number of fused-ring (bicyclic) bond motifs is 1. The Morgan fingerprint density at radius 3 is 2.65 bits per heavy atom. The van der Waals surface area contributed by atoms with E-state index in [1.165, 1.54) is 0 Å². The lowest BCUT2D eigenvalue weighted by Crippen LogP contribution is -2.47. The van der Waals surface area contributed by atoms with E-state index in [0.29, 0.717) is 25.1 Å². The molecule has 7 heteroatoms. The number of carbonyl (C=O) groups is 3. The lowest BCUT2D eigenvalue weighted by atomic mass is 10.1. The Labute approximate surface area is 183 Å². The summed E-state index contributed by atoms with van der Waals surface area (Å²) in [7, 11) is 0. The summed E-state index contributed by atoms with van der Waals surface area (Å²) in [6.07, 6.45) is 7.38. The number of hydrogen-bond acceptors (Lipinski definition) is 5. The molecule has 0 radical (unpaired) electrons. The van der Waals surface area contributed by atoms with Crippen molar-refractivity contribution < 1.29 is 14.4 Å². The normalized spacial score (nSPS) is 15.0. The number of benzene rings is 1. The van der Waals surface area contributed by atoms with Gasteiger partial charge in [-0.05, 0) is 57.8 Å². The van der Waals surface area contributed by atoms with Crippen LogP contribution in [-0.4, -0.2) is 53.2 Å². The van der Waals surface area contributed by atoms with Gasteiger partial charge in [-0.15, -0.1) is 0 Å². The van der Waals surface area contributed by atoms with E-state index >= 15 is 0 Å². The highest BCUT2D eigenvalue weighted by Crippen LogP contribution is 2.17. The van der Waals surface area contributed by atoms with Crippen molar-refractivity contribution in [2.75, 3.05) is 25.0 Å². The van der Waals surface area contributed by atoms with Crippen LogP contribution in [0.25, 0.3) is 10.9 Å². The predicted octanol–water partition coefficient (Wildman–Crippen LogP) is 3.29. The summed E-state index contributed by atoms with van der Waals surface area (Å²) in [6.45, 7) is 3.77. The molecule has 2 heterocycles. The number of carbonyl (C=O) groups excluding carboxylic acids is 3. The van der Waals surface area contributed by atoms with Gasteiger partial charge in [0, 0.05) is 11.8 Å². The number of hydrogen-bond donors (Lipinski definition) is 2. The molecule has 166 valence electrons. The van der Waals surface area contributed by atoms with Crippen LogP contribution in [0.1, 0.15) is 51.9 Å². The van der Waals surface area contributed by atoms with E-state index in [1.807, 2.05) is 30.3 Å². The van der Waals surface area contributed by atoms with E-state index in [2.05, 4.69) is 20.5 Å². The van der Waals surface area contributed by atoms with Gasteiger partial charge in [-0.2, -0.15) is 0 Å². The molecule has 1 aliphatic heterocycles. The fourth-order valence-corrected chi connectivity index (χ4v) is 3.92. The van der Waals surface area contributed by atoms with Crippen molar-refractivity contribution >= 4 is 34.2 Å². The second-order valence-corrected chi connectivity index (χ2v) is 8.31. The van der Waals surface area contributed by atoms with Gasteiger partial charge in [0.1, 0.15) is 11.8 Å². The minimum atomic E-state index is -0.612. The Balaban J connectivity index is 1.60. The van der Waals surface area contributed by atoms with Crippen LogP contribution in [0.5, 0.6) is 0 Å². The minimum Gasteiger partial charge on any atom is -0.343 e. The second-order valence-electron chi connectivity index (χ2n) is 8.31. The first-order valence-electron chi connectivity index (χ1n) is 11.2. The van der Waals surface area contributed by atoms with Crippen LogP contribution in [0.4, 0.5) is 5.69 Å². The summed E-state index contributed by atoms with van der Waals surface area (Å²) in [5, 5.41) is 6.77. The maximum absolute atomic E-state index is 13.0. The molecule has 0 unspecified atom stereocenters. The molecule has 2 aromatic rings. The molecule has 3 rings (SSSR count). The molecule has 0 spiro atoms. The number of amides is 2. The van der Waals surface area contributed by atoms with Crippen molar-refractivity contribution in [3.63, 3.8) is 0 Å². The third-order valence-corrected chi connectivity index (χ3v) is 5.60. The molecule has 7 nitrogen and oxygen atoms in total. The zero-order valence-electron chi connectivity index (χ0n) is 18.2. The molecule has 0 aliphatic carbocycles. The Hall–Kier alpha value is -2.80. The number of unbranched alkanes of at least 4 members (excludes halogenated alkanes) is 2. The molecule has 1 aliphatic rings. The van der Waals surface area contributed by atoms with Gasteiger partial charge in [-0.3, -0.25) is 19.5 Å². The number of nitrogens with one attached hydrogen (secondary N) is 2. The first-order chi connectivity index (χ1) is 15.0. The molecular formula is C24H32N4O3. The van der Waals surface area contributed by atoms with Gasteiger partial charge in [0.15, 0.2) is 0 Å². The van der Waals surface area contributed by atoms with E-state index in [4.69, 9.17) is 0 Å². The van der Waals surface area contributed by atoms with Crippen molar-refractivity contribution in [3.8, 4) is 0 Å². The van der Waals surface area contributed by atoms with Crippen LogP contribution < -0.4 is 10.6 Å². The number of Topliss-reactive ketones (excluding diaryl/α,β-unsaturated/α-hetero) is 1. The van der Waals surface area contributed by atoms with Gasteiger partial charge in [-0.25, -0.2) is 0 Å². The fraction of sp³-hybridized carbons (Fsp3) is 0.500. The molecule has 31 heavy (non-hydrogen) atoms. The molecule has 0 bridgehead atoms. The highest BCUT2D eigenvalue weighted by atomic mass is 16.2. The van der Waals surface area contributed by atoms with Crippen molar-refractivity contribution in [2.45, 2.75) is 57.9 Å². The maximum Gasteiger partial charge on any atom is 0.246 e. The van der Waals surface area contributed by atoms with Gasteiger partial charge < -0.3 is 15.4 Å². The number of nitrogens with zero attached hydrogens (tertiary/aromatic N) is 2. The zero-order chi connectivity index (χ0) is 22.1. The van der Waals surface area contributed by atoms with Crippen molar-refractivity contribution in [1.29, 1.82) is 0 Å². The van der Waals surface area contributed by atoms with Crippen molar-refractivity contribution in [2.24, 2.45) is 0 Å². The average Bonchev–Trinajstić information content (AvgIpc) is 3.25. The maximum atomic E-state index is 13.0. The number of likely N-dealkylation sites (tertiary alicyclic amines) is 1. The number of aromatic nitrogens is 1. The van der Waals surface area contributed by atoms with Gasteiger partial charge in [0.25, 0.3) is 0 Å². The van der Waals surface area contributed by atoms with Gasteiger partial charge in [0.05, 0.1) is 23.9 Å². The lowest BCUT2D eigenvalue weighted by molar-refractivity contribution is -0.127. The SMILES string of the molecule is CC(=O)CCCCC[C@H](NC(=O)CN1CCCC1)C(=O)Nc1cnc2ccccc2c1. The third-order valence-electron chi connectivity index (χ3n) is 5.60. The predicted molar refractivity (Wildman–Crippen MR) is 122 cm³/mol. The van der Waals surface area contributed by atoms with E-state index in [0.717, 1.165) is 56.1 Å². The summed E-state index contributed by atoms with van der Waals surface area (Å²) in [4.78, 5) is 43.1. The monoisotopic (exact) mass is 424 g/mol. The summed E-state index contributed by atoms with van der Waals surface area (Å²) in [5.41, 5.74) is 1.47. The van der Waals surface area contributed by atoms with E-state index in [9.17, 15) is 14.4 Å². The Kier molecular flexibility index (Phi) is 8.53. The van der Waals surface area contributed by atoms with Gasteiger partial charge in [0.2, 0.25) is 11.8 Å². The molecule has 1 aromatic heterocycles. The summed E-state index contributed by atoms with van der Waals surface area (Å²) in [5.74, 6) is -0.183. The average molecular weight is 425 g/mol. The van der Waals surface area contributed by atoms with Crippen LogP contribution in [-0.2, 0) is 14.4 Å². The first-order valence-corrected chi connectivity index (χ1v) is 11.2. The van der Waals surface area contributed by atoms with Crippen molar-refractivity contribution in [3.05, 3.63) is 36.5 Å². The Morgan fingerprint density at radius 1 is 1.10 bits per heavy atom. The molecule has 1 fully saturated rings. The van der Waals surface area contributed by atoms with Gasteiger partial charge in [-0.1, -0.05) is 31.0 Å². The van der Waals surface area contributed by atoms with Crippen LogP contribution in [0.15, 0.2) is 36.5 Å².